The summed E-state index contributed by atoms with van der Waals surface area (Å²) in [6.45, 7) is 0.879. The predicted octanol–water partition coefficient (Wildman–Crippen LogP) is 6.64. The first-order valence-electron chi connectivity index (χ1n) is 8.67. The van der Waals surface area contributed by atoms with Crippen molar-refractivity contribution in [2.75, 3.05) is 0 Å². The third kappa shape index (κ3) is 3.48. The van der Waals surface area contributed by atoms with Crippen LogP contribution >= 0.6 is 23.2 Å². The van der Waals surface area contributed by atoms with Gasteiger partial charge in [0.2, 0.25) is 0 Å². The van der Waals surface area contributed by atoms with Gasteiger partial charge in [0.1, 0.15) is 5.82 Å². The minimum atomic E-state index is 0.622. The fourth-order valence-electron chi connectivity index (χ4n) is 3.26. The van der Waals surface area contributed by atoms with E-state index in [9.17, 15) is 0 Å². The van der Waals surface area contributed by atoms with Crippen molar-refractivity contribution >= 4 is 34.2 Å². The van der Waals surface area contributed by atoms with E-state index in [0.29, 0.717) is 10.0 Å². The smallest absolute Gasteiger partial charge is 0.142 e. The Kier molecular flexibility index (Phi) is 4.96. The Labute approximate surface area is 163 Å². The van der Waals surface area contributed by atoms with Crippen LogP contribution in [0.15, 0.2) is 72.8 Å². The van der Waals surface area contributed by atoms with Gasteiger partial charge in [0.05, 0.1) is 16.1 Å². The van der Waals surface area contributed by atoms with Crippen molar-refractivity contribution in [3.05, 3.63) is 88.4 Å². The van der Waals surface area contributed by atoms with Crippen LogP contribution in [0, 0.1) is 0 Å². The van der Waals surface area contributed by atoms with Crippen molar-refractivity contribution < 1.29 is 0 Å². The van der Waals surface area contributed by atoms with Gasteiger partial charge in [-0.3, -0.25) is 0 Å². The SMILES string of the molecule is Clc1ccc(-c2nc3ccccc3n2CCCc2ccccc2)c(Cl)c1. The molecule has 0 radical (unpaired) electrons. The highest BCUT2D eigenvalue weighted by molar-refractivity contribution is 6.36. The molecular weight excluding hydrogens is 363 g/mol. The van der Waals surface area contributed by atoms with E-state index in [1.165, 1.54) is 5.56 Å². The molecule has 2 nitrogen and oxygen atoms in total. The number of benzene rings is 3. The Morgan fingerprint density at radius 1 is 0.846 bits per heavy atom. The van der Waals surface area contributed by atoms with Crippen LogP contribution in [0.4, 0.5) is 0 Å². The van der Waals surface area contributed by atoms with Gasteiger partial charge in [-0.25, -0.2) is 4.98 Å². The minimum Gasteiger partial charge on any atom is -0.324 e. The maximum atomic E-state index is 6.46. The maximum Gasteiger partial charge on any atom is 0.142 e. The molecule has 4 rings (SSSR count). The molecule has 3 aromatic carbocycles. The van der Waals surface area contributed by atoms with Crippen LogP contribution in [-0.2, 0) is 13.0 Å². The van der Waals surface area contributed by atoms with Gasteiger partial charge < -0.3 is 4.57 Å². The van der Waals surface area contributed by atoms with E-state index < -0.39 is 0 Å². The summed E-state index contributed by atoms with van der Waals surface area (Å²) >= 11 is 12.5. The summed E-state index contributed by atoms with van der Waals surface area (Å²) in [6, 6.07) is 24.3. The van der Waals surface area contributed by atoms with E-state index in [-0.39, 0.29) is 0 Å². The first-order valence-corrected chi connectivity index (χ1v) is 9.42. The molecule has 0 aliphatic heterocycles. The number of aryl methyl sites for hydroxylation is 2. The summed E-state index contributed by atoms with van der Waals surface area (Å²) in [6.07, 6.45) is 2.06. The molecule has 0 saturated heterocycles. The average Bonchev–Trinajstić information content (AvgIpc) is 3.01. The average molecular weight is 381 g/mol. The van der Waals surface area contributed by atoms with E-state index in [4.69, 9.17) is 28.2 Å². The van der Waals surface area contributed by atoms with Crippen molar-refractivity contribution in [2.45, 2.75) is 19.4 Å². The van der Waals surface area contributed by atoms with E-state index >= 15 is 0 Å². The second-order valence-electron chi connectivity index (χ2n) is 6.29. The molecule has 4 aromatic rings. The number of imidazole rings is 1. The number of rotatable bonds is 5. The third-order valence-electron chi connectivity index (χ3n) is 4.52. The van der Waals surface area contributed by atoms with E-state index in [2.05, 4.69) is 34.9 Å². The van der Waals surface area contributed by atoms with Crippen LogP contribution in [0.2, 0.25) is 10.0 Å². The van der Waals surface area contributed by atoms with Gasteiger partial charge in [0.25, 0.3) is 0 Å². The molecule has 0 saturated carbocycles. The molecule has 0 unspecified atom stereocenters. The van der Waals surface area contributed by atoms with Crippen LogP contribution in [0.1, 0.15) is 12.0 Å². The Bertz CT molecular complexity index is 1040. The Morgan fingerprint density at radius 2 is 1.62 bits per heavy atom. The number of aromatic nitrogens is 2. The summed E-state index contributed by atoms with van der Waals surface area (Å²) in [5, 5.41) is 1.25. The fraction of sp³-hybridized carbons (Fsp3) is 0.136. The topological polar surface area (TPSA) is 17.8 Å². The second kappa shape index (κ2) is 7.53. The molecule has 0 amide bonds. The number of hydrogen-bond acceptors (Lipinski definition) is 1. The lowest BCUT2D eigenvalue weighted by Crippen LogP contribution is -2.02. The predicted molar refractivity (Wildman–Crippen MR) is 110 cm³/mol. The zero-order valence-corrected chi connectivity index (χ0v) is 15.7. The molecule has 0 bridgehead atoms. The van der Waals surface area contributed by atoms with Crippen LogP contribution in [0.25, 0.3) is 22.4 Å². The van der Waals surface area contributed by atoms with Crippen LogP contribution in [0.5, 0.6) is 0 Å². The molecule has 26 heavy (non-hydrogen) atoms. The van der Waals surface area contributed by atoms with E-state index in [1.807, 2.05) is 36.4 Å². The molecule has 0 N–H and O–H groups in total. The molecule has 0 atom stereocenters. The first kappa shape index (κ1) is 17.1. The third-order valence-corrected chi connectivity index (χ3v) is 5.06. The van der Waals surface area contributed by atoms with Crippen LogP contribution < -0.4 is 0 Å². The fourth-order valence-corrected chi connectivity index (χ4v) is 3.76. The number of para-hydroxylation sites is 2. The van der Waals surface area contributed by atoms with Crippen molar-refractivity contribution in [3.8, 4) is 11.4 Å². The zero-order chi connectivity index (χ0) is 17.9. The largest absolute Gasteiger partial charge is 0.324 e. The molecule has 1 aromatic heterocycles. The standard InChI is InChI=1S/C22H18Cl2N2/c23-17-12-13-18(19(24)15-17)22-25-20-10-4-5-11-21(20)26(22)14-6-9-16-7-2-1-3-8-16/h1-5,7-8,10-13,15H,6,9,14H2. The van der Waals surface area contributed by atoms with Gasteiger partial charge in [-0.2, -0.15) is 0 Å². The lowest BCUT2D eigenvalue weighted by molar-refractivity contribution is 0.663. The normalized spacial score (nSPS) is 11.2. The molecule has 0 aliphatic carbocycles. The van der Waals surface area contributed by atoms with E-state index in [0.717, 1.165) is 41.8 Å². The van der Waals surface area contributed by atoms with Crippen molar-refractivity contribution in [2.24, 2.45) is 0 Å². The number of nitrogens with zero attached hydrogens (tertiary/aromatic N) is 2. The van der Waals surface area contributed by atoms with Gasteiger partial charge in [-0.05, 0) is 48.7 Å². The second-order valence-corrected chi connectivity index (χ2v) is 7.13. The number of fused-ring (bicyclic) bond motifs is 1. The maximum absolute atomic E-state index is 6.46. The molecule has 130 valence electrons. The molecule has 1 heterocycles. The van der Waals surface area contributed by atoms with Crippen molar-refractivity contribution in [3.63, 3.8) is 0 Å². The first-order chi connectivity index (χ1) is 12.7. The summed E-state index contributed by atoms with van der Waals surface area (Å²) in [4.78, 5) is 4.83. The summed E-state index contributed by atoms with van der Waals surface area (Å²) in [5.41, 5.74) is 4.37. The van der Waals surface area contributed by atoms with Crippen LogP contribution in [0.3, 0.4) is 0 Å². The number of hydrogen-bond donors (Lipinski definition) is 0. The summed E-state index contributed by atoms with van der Waals surface area (Å²) in [7, 11) is 0. The summed E-state index contributed by atoms with van der Waals surface area (Å²) < 4.78 is 2.26. The highest BCUT2D eigenvalue weighted by Crippen LogP contribution is 2.32. The lowest BCUT2D eigenvalue weighted by Gasteiger charge is -2.11. The van der Waals surface area contributed by atoms with Gasteiger partial charge in [-0.15, -0.1) is 0 Å². The van der Waals surface area contributed by atoms with Gasteiger partial charge in [0.15, 0.2) is 0 Å². The highest BCUT2D eigenvalue weighted by atomic mass is 35.5. The molecule has 0 fully saturated rings. The molecule has 4 heteroatoms. The van der Waals surface area contributed by atoms with Gasteiger partial charge in [-0.1, -0.05) is 65.7 Å². The summed E-state index contributed by atoms with van der Waals surface area (Å²) in [5.74, 6) is 0.890. The highest BCUT2D eigenvalue weighted by Gasteiger charge is 2.15. The Balaban J connectivity index is 1.70. The molecule has 0 spiro atoms. The Hall–Kier alpha value is -2.29. The monoisotopic (exact) mass is 380 g/mol. The zero-order valence-electron chi connectivity index (χ0n) is 14.2. The lowest BCUT2D eigenvalue weighted by atomic mass is 10.1. The van der Waals surface area contributed by atoms with Crippen molar-refractivity contribution in [1.29, 1.82) is 0 Å². The van der Waals surface area contributed by atoms with Crippen molar-refractivity contribution in [1.82, 2.24) is 9.55 Å². The molecule has 0 aliphatic rings. The van der Waals surface area contributed by atoms with Gasteiger partial charge in [0, 0.05) is 17.1 Å². The van der Waals surface area contributed by atoms with E-state index in [1.54, 1.807) is 6.07 Å². The van der Waals surface area contributed by atoms with Crippen LogP contribution in [-0.4, -0.2) is 9.55 Å². The minimum absolute atomic E-state index is 0.622. The number of halogens is 2. The van der Waals surface area contributed by atoms with Gasteiger partial charge >= 0.3 is 0 Å². The molecular formula is C22H18Cl2N2. The quantitative estimate of drug-likeness (QED) is 0.379. The Morgan fingerprint density at radius 3 is 2.42 bits per heavy atom.